The van der Waals surface area contributed by atoms with E-state index in [0.717, 1.165) is 11.1 Å². The number of benzene rings is 1. The summed E-state index contributed by atoms with van der Waals surface area (Å²) in [6.07, 6.45) is 3.31. The monoisotopic (exact) mass is 480 g/mol. The Balaban J connectivity index is 1.83. The van der Waals surface area contributed by atoms with E-state index < -0.39 is 0 Å². The number of hydrogen-bond donors (Lipinski definition) is 0. The molecular formula is C24H24N4O3S2. The largest absolute Gasteiger partial charge is 0.383 e. The van der Waals surface area contributed by atoms with Crippen LogP contribution in [0, 0.1) is 6.92 Å². The first-order chi connectivity index (χ1) is 15.9. The second kappa shape index (κ2) is 9.86. The predicted octanol–water partition coefficient (Wildman–Crippen LogP) is 3.49. The number of thioether (sulfide) groups is 1. The molecule has 1 amide bonds. The summed E-state index contributed by atoms with van der Waals surface area (Å²) in [5.74, 6) is 0.285. The van der Waals surface area contributed by atoms with Crippen molar-refractivity contribution in [1.29, 1.82) is 0 Å². The third kappa shape index (κ3) is 4.71. The molecule has 0 atom stereocenters. The molecule has 1 aliphatic rings. The molecule has 0 unspecified atom stereocenters. The van der Waals surface area contributed by atoms with Crippen molar-refractivity contribution in [2.75, 3.05) is 32.2 Å². The highest BCUT2D eigenvalue weighted by Crippen LogP contribution is 2.33. The Kier molecular flexibility index (Phi) is 6.92. The van der Waals surface area contributed by atoms with E-state index in [-0.39, 0.29) is 11.5 Å². The third-order valence-corrected chi connectivity index (χ3v) is 6.73. The minimum atomic E-state index is -0.235. The zero-order valence-corrected chi connectivity index (χ0v) is 20.3. The Morgan fingerprint density at radius 2 is 1.94 bits per heavy atom. The van der Waals surface area contributed by atoms with Crippen molar-refractivity contribution in [1.82, 2.24) is 14.3 Å². The highest BCUT2D eigenvalue weighted by Gasteiger charge is 2.32. The number of nitrogens with zero attached hydrogens (tertiary/aromatic N) is 4. The number of rotatable bonds is 7. The normalized spacial score (nSPS) is 15.1. The van der Waals surface area contributed by atoms with Gasteiger partial charge in [-0.3, -0.25) is 18.9 Å². The first-order valence-corrected chi connectivity index (χ1v) is 11.6. The molecule has 0 aliphatic carbocycles. The molecule has 0 spiro atoms. The minimum Gasteiger partial charge on any atom is -0.383 e. The van der Waals surface area contributed by atoms with Crippen LogP contribution in [0.1, 0.15) is 16.7 Å². The van der Waals surface area contributed by atoms with Crippen molar-refractivity contribution in [3.63, 3.8) is 0 Å². The average Bonchev–Trinajstić information content (AvgIpc) is 3.07. The summed E-state index contributed by atoms with van der Waals surface area (Å²) in [5.41, 5.74) is 2.68. The van der Waals surface area contributed by atoms with Crippen LogP contribution >= 0.6 is 24.0 Å². The van der Waals surface area contributed by atoms with Crippen molar-refractivity contribution in [3.8, 4) is 0 Å². The quantitative estimate of drug-likeness (QED) is 0.379. The number of aryl methyl sites for hydroxylation is 1. The summed E-state index contributed by atoms with van der Waals surface area (Å²) >= 11 is 6.57. The van der Waals surface area contributed by atoms with Gasteiger partial charge >= 0.3 is 0 Å². The molecule has 0 N–H and O–H groups in total. The smallest absolute Gasteiger partial charge is 0.267 e. The van der Waals surface area contributed by atoms with Gasteiger partial charge in [0.15, 0.2) is 0 Å². The molecule has 0 bridgehead atoms. The van der Waals surface area contributed by atoms with Gasteiger partial charge in [-0.1, -0.05) is 60.4 Å². The van der Waals surface area contributed by atoms with Crippen molar-refractivity contribution >= 4 is 51.7 Å². The zero-order chi connectivity index (χ0) is 23.5. The molecule has 9 heteroatoms. The van der Waals surface area contributed by atoms with E-state index in [1.165, 1.54) is 21.1 Å². The topological polar surface area (TPSA) is 67.2 Å². The lowest BCUT2D eigenvalue weighted by atomic mass is 10.2. The van der Waals surface area contributed by atoms with Crippen molar-refractivity contribution in [3.05, 3.63) is 80.6 Å². The van der Waals surface area contributed by atoms with Gasteiger partial charge < -0.3 is 9.64 Å². The van der Waals surface area contributed by atoms with E-state index in [1.807, 2.05) is 61.3 Å². The van der Waals surface area contributed by atoms with E-state index in [0.29, 0.717) is 46.0 Å². The van der Waals surface area contributed by atoms with Crippen LogP contribution < -0.4 is 10.5 Å². The second-order valence-corrected chi connectivity index (χ2v) is 9.38. The molecule has 2 aromatic heterocycles. The van der Waals surface area contributed by atoms with Crippen LogP contribution in [-0.4, -0.2) is 51.8 Å². The van der Waals surface area contributed by atoms with Gasteiger partial charge in [0, 0.05) is 26.9 Å². The van der Waals surface area contributed by atoms with Crippen LogP contribution in [-0.2, 0) is 16.1 Å². The highest BCUT2D eigenvalue weighted by atomic mass is 32.2. The molecule has 0 saturated carbocycles. The Morgan fingerprint density at radius 1 is 1.18 bits per heavy atom. The Morgan fingerprint density at radius 3 is 2.67 bits per heavy atom. The van der Waals surface area contributed by atoms with Crippen molar-refractivity contribution < 1.29 is 9.53 Å². The van der Waals surface area contributed by atoms with Gasteiger partial charge in [-0.05, 0) is 30.2 Å². The molecule has 4 rings (SSSR count). The number of carbonyl (C=O) groups excluding carboxylic acids is 1. The summed E-state index contributed by atoms with van der Waals surface area (Å²) in [5, 5.41) is 0. The van der Waals surface area contributed by atoms with Gasteiger partial charge in [0.2, 0.25) is 0 Å². The molecule has 7 nitrogen and oxygen atoms in total. The summed E-state index contributed by atoms with van der Waals surface area (Å²) in [6, 6.07) is 13.7. The number of amides is 1. The van der Waals surface area contributed by atoms with Gasteiger partial charge in [0.05, 0.1) is 23.6 Å². The number of ether oxygens (including phenoxy) is 1. The van der Waals surface area contributed by atoms with E-state index in [2.05, 4.69) is 0 Å². The van der Waals surface area contributed by atoms with Crippen molar-refractivity contribution in [2.24, 2.45) is 0 Å². The lowest BCUT2D eigenvalue weighted by Gasteiger charge is -2.21. The lowest BCUT2D eigenvalue weighted by molar-refractivity contribution is -0.122. The Hall–Kier alpha value is -3.01. The second-order valence-electron chi connectivity index (χ2n) is 7.71. The molecule has 0 radical (unpaired) electrons. The molecule has 1 fully saturated rings. The van der Waals surface area contributed by atoms with E-state index in [1.54, 1.807) is 19.4 Å². The fourth-order valence-electron chi connectivity index (χ4n) is 3.66. The first kappa shape index (κ1) is 23.2. The van der Waals surface area contributed by atoms with Crippen LogP contribution in [0.5, 0.6) is 0 Å². The van der Waals surface area contributed by atoms with Gasteiger partial charge in [-0.15, -0.1) is 0 Å². The van der Waals surface area contributed by atoms with Gasteiger partial charge in [-0.2, -0.15) is 0 Å². The number of hydrogen-bond acceptors (Lipinski definition) is 7. The van der Waals surface area contributed by atoms with Crippen molar-refractivity contribution in [2.45, 2.75) is 13.5 Å². The summed E-state index contributed by atoms with van der Waals surface area (Å²) < 4.78 is 7.06. The maximum atomic E-state index is 13.6. The number of carbonyl (C=O) groups is 1. The average molecular weight is 481 g/mol. The predicted molar refractivity (Wildman–Crippen MR) is 137 cm³/mol. The molecule has 1 aromatic carbocycles. The SMILES string of the molecule is COCCN1C(=O)/C(=C\c2c(N(C)Cc3ccccc3)nc3c(C)cccn3c2=O)SC1=S. The summed E-state index contributed by atoms with van der Waals surface area (Å²) in [6.45, 7) is 3.23. The van der Waals surface area contributed by atoms with Gasteiger partial charge in [0.25, 0.3) is 11.5 Å². The summed E-state index contributed by atoms with van der Waals surface area (Å²) in [4.78, 5) is 35.2. The molecule has 3 heterocycles. The molecule has 170 valence electrons. The van der Waals surface area contributed by atoms with Crippen LogP contribution in [0.15, 0.2) is 58.4 Å². The Labute approximate surface area is 201 Å². The Bertz CT molecular complexity index is 1300. The third-order valence-electron chi connectivity index (χ3n) is 5.36. The van der Waals surface area contributed by atoms with Crippen LogP contribution in [0.25, 0.3) is 11.7 Å². The number of fused-ring (bicyclic) bond motifs is 1. The van der Waals surface area contributed by atoms with E-state index in [4.69, 9.17) is 21.9 Å². The first-order valence-electron chi connectivity index (χ1n) is 10.4. The maximum absolute atomic E-state index is 13.6. The molecular weight excluding hydrogens is 456 g/mol. The standard InChI is InChI=1S/C24H24N4O3S2/c1-16-8-7-11-27-20(16)25-21(26(2)15-17-9-5-4-6-10-17)18(22(27)29)14-19-23(30)28(12-13-31-3)24(32)33-19/h4-11,14H,12-13,15H2,1-3H3/b19-14+. The van der Waals surface area contributed by atoms with E-state index in [9.17, 15) is 9.59 Å². The maximum Gasteiger partial charge on any atom is 0.267 e. The van der Waals surface area contributed by atoms with Crippen LogP contribution in [0.3, 0.4) is 0 Å². The molecule has 33 heavy (non-hydrogen) atoms. The molecule has 1 saturated heterocycles. The number of methoxy groups -OCH3 is 1. The number of anilines is 1. The van der Waals surface area contributed by atoms with Gasteiger partial charge in [0.1, 0.15) is 15.8 Å². The fourth-order valence-corrected chi connectivity index (χ4v) is 4.95. The molecule has 1 aliphatic heterocycles. The lowest BCUT2D eigenvalue weighted by Crippen LogP contribution is -2.31. The number of aromatic nitrogens is 2. The minimum absolute atomic E-state index is 0.229. The number of pyridine rings is 1. The summed E-state index contributed by atoms with van der Waals surface area (Å²) in [7, 11) is 3.47. The van der Waals surface area contributed by atoms with Crippen LogP contribution in [0.2, 0.25) is 0 Å². The zero-order valence-electron chi connectivity index (χ0n) is 18.6. The highest BCUT2D eigenvalue weighted by molar-refractivity contribution is 8.26. The number of thiocarbonyl (C=S) groups is 1. The van der Waals surface area contributed by atoms with E-state index >= 15 is 0 Å². The van der Waals surface area contributed by atoms with Crippen LogP contribution in [0.4, 0.5) is 5.82 Å². The fraction of sp³-hybridized carbons (Fsp3) is 0.250. The molecule has 3 aromatic rings. The van der Waals surface area contributed by atoms with Gasteiger partial charge in [-0.25, -0.2) is 4.98 Å².